The number of hydrogen-bond acceptors (Lipinski definition) is 3. The fourth-order valence-electron chi connectivity index (χ4n) is 4.00. The van der Waals surface area contributed by atoms with Gasteiger partial charge in [-0.15, -0.1) is 0 Å². The van der Waals surface area contributed by atoms with E-state index in [2.05, 4.69) is 41.4 Å². The van der Waals surface area contributed by atoms with Crippen LogP contribution in [0.15, 0.2) is 66.7 Å². The first-order valence-corrected chi connectivity index (χ1v) is 10.2. The van der Waals surface area contributed by atoms with Crippen LogP contribution in [-0.2, 0) is 0 Å². The van der Waals surface area contributed by atoms with E-state index in [1.54, 1.807) is 12.1 Å². The van der Waals surface area contributed by atoms with Crippen LogP contribution in [0.5, 0.6) is 0 Å². The topological polar surface area (TPSA) is 69.6 Å². The van der Waals surface area contributed by atoms with E-state index in [4.69, 9.17) is 0 Å². The van der Waals surface area contributed by atoms with Crippen molar-refractivity contribution in [1.82, 2.24) is 0 Å². The summed E-state index contributed by atoms with van der Waals surface area (Å²) < 4.78 is 13.1. The van der Waals surface area contributed by atoms with Crippen LogP contribution in [0.2, 0.25) is 0 Å². The lowest BCUT2D eigenvalue weighted by atomic mass is 9.97. The normalized spacial score (nSPS) is 15.7. The molecule has 158 valence electrons. The minimum atomic E-state index is -1.12. The minimum absolute atomic E-state index is 0.0203. The van der Waals surface area contributed by atoms with Gasteiger partial charge in [-0.1, -0.05) is 29.8 Å². The van der Waals surface area contributed by atoms with E-state index in [1.807, 2.05) is 6.07 Å². The van der Waals surface area contributed by atoms with Crippen LogP contribution in [-0.4, -0.2) is 30.1 Å². The maximum Gasteiger partial charge on any atom is 0.337 e. The number of benzene rings is 3. The second-order valence-electron chi connectivity index (χ2n) is 7.84. The van der Waals surface area contributed by atoms with Crippen LogP contribution in [0, 0.1) is 12.7 Å². The largest absolute Gasteiger partial charge is 0.478 e. The number of halogens is 1. The van der Waals surface area contributed by atoms with Crippen molar-refractivity contribution in [2.24, 2.45) is 0 Å². The molecule has 3 aromatic carbocycles. The average molecular weight is 418 g/mol. The fraction of sp³-hybridized carbons (Fsp3) is 0.200. The number of anilines is 2. The molecule has 6 heteroatoms. The van der Waals surface area contributed by atoms with Crippen LogP contribution in [0.4, 0.5) is 15.8 Å². The predicted octanol–water partition coefficient (Wildman–Crippen LogP) is 5.08. The number of amides is 1. The van der Waals surface area contributed by atoms with Gasteiger partial charge in [-0.25, -0.2) is 9.18 Å². The summed E-state index contributed by atoms with van der Waals surface area (Å²) in [6.45, 7) is 3.72. The molecule has 1 atom stereocenters. The van der Waals surface area contributed by atoms with Gasteiger partial charge in [0.25, 0.3) is 5.91 Å². The first-order chi connectivity index (χ1) is 14.9. The Bertz CT molecular complexity index is 1130. The van der Waals surface area contributed by atoms with Gasteiger partial charge in [-0.3, -0.25) is 4.79 Å². The highest BCUT2D eigenvalue weighted by atomic mass is 19.1. The maximum atomic E-state index is 13.1. The van der Waals surface area contributed by atoms with Crippen molar-refractivity contribution in [3.8, 4) is 0 Å². The summed E-state index contributed by atoms with van der Waals surface area (Å²) in [5, 5.41) is 12.3. The van der Waals surface area contributed by atoms with Gasteiger partial charge in [-0.05, 0) is 61.4 Å². The minimum Gasteiger partial charge on any atom is -0.478 e. The van der Waals surface area contributed by atoms with Gasteiger partial charge in [0.1, 0.15) is 5.82 Å². The Morgan fingerprint density at radius 2 is 1.84 bits per heavy atom. The number of carboxylic acid groups (broad SMARTS) is 1. The highest BCUT2D eigenvalue weighted by Crippen LogP contribution is 2.33. The molecule has 1 saturated heterocycles. The maximum absolute atomic E-state index is 13.1. The molecule has 1 amide bonds. The summed E-state index contributed by atoms with van der Waals surface area (Å²) >= 11 is 0. The monoisotopic (exact) mass is 418 g/mol. The molecule has 4 rings (SSSR count). The summed E-state index contributed by atoms with van der Waals surface area (Å²) in [6, 6.07) is 18.6. The predicted molar refractivity (Wildman–Crippen MR) is 119 cm³/mol. The van der Waals surface area contributed by atoms with E-state index in [-0.39, 0.29) is 16.8 Å². The van der Waals surface area contributed by atoms with Gasteiger partial charge in [-0.2, -0.15) is 0 Å². The number of carbonyl (C=O) groups is 2. The molecule has 1 aliphatic rings. The van der Waals surface area contributed by atoms with Gasteiger partial charge in [0.05, 0.1) is 11.3 Å². The third-order valence-electron chi connectivity index (χ3n) is 5.66. The summed E-state index contributed by atoms with van der Waals surface area (Å²) in [6.07, 6.45) is 0.995. The van der Waals surface area contributed by atoms with Crippen molar-refractivity contribution < 1.29 is 19.1 Å². The Morgan fingerprint density at radius 1 is 1.06 bits per heavy atom. The van der Waals surface area contributed by atoms with Gasteiger partial charge in [0, 0.05) is 30.3 Å². The van der Waals surface area contributed by atoms with Crippen LogP contribution in [0.1, 0.15) is 44.2 Å². The van der Waals surface area contributed by atoms with Gasteiger partial charge in [0.15, 0.2) is 0 Å². The lowest BCUT2D eigenvalue weighted by Gasteiger charge is -2.20. The summed E-state index contributed by atoms with van der Waals surface area (Å²) in [4.78, 5) is 26.5. The number of aromatic carboxylic acids is 1. The van der Waals surface area contributed by atoms with Gasteiger partial charge in [0.2, 0.25) is 0 Å². The van der Waals surface area contributed by atoms with Crippen molar-refractivity contribution in [3.05, 3.63) is 94.8 Å². The molecule has 0 aromatic heterocycles. The SMILES string of the molecule is Cc1cccc([C@H]2CCN(c3ccc(NC(=O)c4ccc(F)cc4)c(C(=O)O)c3)C2)c1. The molecule has 0 radical (unpaired) electrons. The Hall–Kier alpha value is -3.67. The van der Waals surface area contributed by atoms with Crippen LogP contribution in [0.3, 0.4) is 0 Å². The molecular formula is C25H23FN2O3. The van der Waals surface area contributed by atoms with Crippen molar-refractivity contribution in [3.63, 3.8) is 0 Å². The lowest BCUT2D eigenvalue weighted by molar-refractivity contribution is 0.0698. The third kappa shape index (κ3) is 4.58. The van der Waals surface area contributed by atoms with Crippen molar-refractivity contribution in [2.75, 3.05) is 23.3 Å². The molecule has 0 spiro atoms. The number of rotatable bonds is 5. The molecule has 5 nitrogen and oxygen atoms in total. The summed E-state index contributed by atoms with van der Waals surface area (Å²) in [5.41, 5.74) is 3.82. The second kappa shape index (κ2) is 8.60. The number of hydrogen-bond donors (Lipinski definition) is 2. The Labute approximate surface area is 180 Å². The number of aryl methyl sites for hydroxylation is 1. The standard InChI is InChI=1S/C25H23FN2O3/c1-16-3-2-4-18(13-16)19-11-12-28(15-19)21-9-10-23(22(14-21)25(30)31)27-24(29)17-5-7-20(26)8-6-17/h2-10,13-14,19H,11-12,15H2,1H3,(H,27,29)(H,30,31)/t19-/m0/s1. The highest BCUT2D eigenvalue weighted by molar-refractivity contribution is 6.08. The number of nitrogens with one attached hydrogen (secondary N) is 1. The first kappa shape index (κ1) is 20.6. The van der Waals surface area contributed by atoms with Crippen molar-refractivity contribution >= 4 is 23.3 Å². The molecule has 1 aliphatic heterocycles. The van der Waals surface area contributed by atoms with Crippen molar-refractivity contribution in [1.29, 1.82) is 0 Å². The van der Waals surface area contributed by atoms with Gasteiger partial charge >= 0.3 is 5.97 Å². The molecule has 0 unspecified atom stereocenters. The van der Waals surface area contributed by atoms with E-state index in [9.17, 15) is 19.1 Å². The molecule has 3 aromatic rings. The molecule has 1 fully saturated rings. The molecule has 0 bridgehead atoms. The van der Waals surface area contributed by atoms with Crippen LogP contribution < -0.4 is 10.2 Å². The van der Waals surface area contributed by atoms with Crippen LogP contribution >= 0.6 is 0 Å². The third-order valence-corrected chi connectivity index (χ3v) is 5.66. The van der Waals surface area contributed by atoms with E-state index in [0.29, 0.717) is 5.92 Å². The zero-order chi connectivity index (χ0) is 22.0. The number of carboxylic acids is 1. The number of carbonyl (C=O) groups excluding carboxylic acids is 1. The Balaban J connectivity index is 1.53. The molecule has 0 saturated carbocycles. The number of nitrogens with zero attached hydrogens (tertiary/aromatic N) is 1. The molecule has 0 aliphatic carbocycles. The zero-order valence-corrected chi connectivity index (χ0v) is 17.1. The van der Waals surface area contributed by atoms with E-state index < -0.39 is 17.7 Å². The fourth-order valence-corrected chi connectivity index (χ4v) is 4.00. The Morgan fingerprint density at radius 3 is 2.55 bits per heavy atom. The quantitative estimate of drug-likeness (QED) is 0.606. The summed E-state index contributed by atoms with van der Waals surface area (Å²) in [7, 11) is 0. The summed E-state index contributed by atoms with van der Waals surface area (Å²) in [5.74, 6) is -1.66. The van der Waals surface area contributed by atoms with Crippen LogP contribution in [0.25, 0.3) is 0 Å². The van der Waals surface area contributed by atoms with Crippen molar-refractivity contribution in [2.45, 2.75) is 19.3 Å². The smallest absolute Gasteiger partial charge is 0.337 e. The first-order valence-electron chi connectivity index (χ1n) is 10.2. The van der Waals surface area contributed by atoms with E-state index in [1.165, 1.54) is 35.4 Å². The zero-order valence-electron chi connectivity index (χ0n) is 17.1. The average Bonchev–Trinajstić information content (AvgIpc) is 3.24. The Kier molecular flexibility index (Phi) is 5.71. The molecule has 2 N–H and O–H groups in total. The van der Waals surface area contributed by atoms with E-state index in [0.717, 1.165) is 25.2 Å². The highest BCUT2D eigenvalue weighted by Gasteiger charge is 2.25. The molecule has 31 heavy (non-hydrogen) atoms. The van der Waals surface area contributed by atoms with Gasteiger partial charge < -0.3 is 15.3 Å². The van der Waals surface area contributed by atoms with E-state index >= 15 is 0 Å². The lowest BCUT2D eigenvalue weighted by Crippen LogP contribution is -2.20. The molecule has 1 heterocycles. The molecular weight excluding hydrogens is 395 g/mol. The second-order valence-corrected chi connectivity index (χ2v) is 7.84.